The van der Waals surface area contributed by atoms with Crippen LogP contribution >= 0.6 is 7.82 Å². The van der Waals surface area contributed by atoms with Gasteiger partial charge in [0, 0.05) is 27.3 Å². The number of aliphatic hydroxyl groups is 1. The lowest BCUT2D eigenvalue weighted by atomic mass is 10.4. The fourth-order valence-electron chi connectivity index (χ4n) is 0.434. The van der Waals surface area contributed by atoms with Crippen molar-refractivity contribution in [3.8, 4) is 0 Å². The van der Waals surface area contributed by atoms with Gasteiger partial charge in [-0.05, 0) is 6.92 Å². The normalized spacial score (nSPS) is 11.5. The topological polar surface area (TPSA) is 108 Å². The standard InChI is InChI=1S/C6H11NO3.C2H7O4P/c1-5(8)4-6(9)7(2)10-3;1-5-7(3,4)6-2/h4,8H,1-3H3;1-2H3,(H,3,4)/p-1/b5-4+;. The molecular weight excluding hydrogens is 253 g/mol. The third kappa shape index (κ3) is 11.3. The minimum Gasteiger partial charge on any atom is -0.756 e. The molecule has 0 fully saturated rings. The van der Waals surface area contributed by atoms with Gasteiger partial charge in [0.15, 0.2) is 0 Å². The maximum absolute atomic E-state index is 10.7. The molecular formula is C8H17NO7P-. The highest BCUT2D eigenvalue weighted by Crippen LogP contribution is 2.34. The predicted octanol–water partition coefficient (Wildman–Crippen LogP) is 0.216. The number of rotatable bonds is 4. The van der Waals surface area contributed by atoms with Gasteiger partial charge >= 0.3 is 0 Å². The van der Waals surface area contributed by atoms with Crippen LogP contribution in [0.15, 0.2) is 11.8 Å². The van der Waals surface area contributed by atoms with E-state index in [0.29, 0.717) is 0 Å². The molecule has 0 spiro atoms. The summed E-state index contributed by atoms with van der Waals surface area (Å²) in [6, 6.07) is 0. The van der Waals surface area contributed by atoms with Gasteiger partial charge in [0.1, 0.15) is 0 Å². The van der Waals surface area contributed by atoms with Crippen molar-refractivity contribution in [1.29, 1.82) is 0 Å². The Hall–Kier alpha value is -0.920. The molecule has 0 saturated heterocycles. The van der Waals surface area contributed by atoms with Crippen molar-refractivity contribution in [3.63, 3.8) is 0 Å². The maximum atomic E-state index is 10.7. The summed E-state index contributed by atoms with van der Waals surface area (Å²) in [5, 5.41) is 9.64. The molecule has 1 N–H and O–H groups in total. The van der Waals surface area contributed by atoms with Crippen molar-refractivity contribution in [2.45, 2.75) is 6.92 Å². The molecule has 0 aromatic heterocycles. The van der Waals surface area contributed by atoms with Gasteiger partial charge in [-0.2, -0.15) is 0 Å². The molecule has 0 heterocycles. The van der Waals surface area contributed by atoms with Crippen LogP contribution in [-0.4, -0.2) is 44.5 Å². The molecule has 0 bridgehead atoms. The summed E-state index contributed by atoms with van der Waals surface area (Å²) in [6.45, 7) is 1.42. The van der Waals surface area contributed by atoms with E-state index in [9.17, 15) is 14.3 Å². The molecule has 0 aliphatic carbocycles. The van der Waals surface area contributed by atoms with E-state index in [2.05, 4.69) is 13.9 Å². The lowest BCUT2D eigenvalue weighted by Crippen LogP contribution is -2.23. The fourth-order valence-corrected chi connectivity index (χ4v) is 0.583. The SMILES string of the molecule is CON(C)C(=O)/C=C(\C)O.COP(=O)([O-])OC. The number of phosphoric ester groups is 1. The number of phosphoric acid groups is 1. The van der Waals surface area contributed by atoms with Crippen molar-refractivity contribution in [1.82, 2.24) is 5.06 Å². The van der Waals surface area contributed by atoms with Crippen molar-refractivity contribution >= 4 is 13.7 Å². The van der Waals surface area contributed by atoms with Crippen LogP contribution < -0.4 is 4.89 Å². The molecule has 0 atom stereocenters. The van der Waals surface area contributed by atoms with Gasteiger partial charge < -0.3 is 19.0 Å². The molecule has 0 aliphatic heterocycles. The molecule has 0 radical (unpaired) electrons. The molecule has 0 aromatic carbocycles. The number of carbonyl (C=O) groups is 1. The van der Waals surface area contributed by atoms with Gasteiger partial charge in [-0.3, -0.25) is 14.2 Å². The van der Waals surface area contributed by atoms with E-state index in [0.717, 1.165) is 25.4 Å². The summed E-state index contributed by atoms with van der Waals surface area (Å²) in [4.78, 5) is 25.2. The summed E-state index contributed by atoms with van der Waals surface area (Å²) < 4.78 is 17.7. The van der Waals surface area contributed by atoms with E-state index in [1.807, 2.05) is 0 Å². The van der Waals surface area contributed by atoms with Crippen molar-refractivity contribution in [3.05, 3.63) is 11.8 Å². The second kappa shape index (κ2) is 9.15. The molecule has 8 nitrogen and oxygen atoms in total. The first-order valence-corrected chi connectivity index (χ1v) is 5.77. The van der Waals surface area contributed by atoms with Gasteiger partial charge in [0.05, 0.1) is 12.9 Å². The Kier molecular flexibility index (Phi) is 9.92. The Bertz CT molecular complexity index is 292. The number of likely N-dealkylation sites (N-methyl/N-ethyl adjacent to an activating group) is 1. The smallest absolute Gasteiger partial charge is 0.273 e. The van der Waals surface area contributed by atoms with Crippen LogP contribution in [0.2, 0.25) is 0 Å². The molecule has 0 unspecified atom stereocenters. The predicted molar refractivity (Wildman–Crippen MR) is 57.8 cm³/mol. The number of aliphatic hydroxyl groups excluding tert-OH is 1. The van der Waals surface area contributed by atoms with Gasteiger partial charge in [-0.25, -0.2) is 5.06 Å². The largest absolute Gasteiger partial charge is 0.756 e. The number of allylic oxidation sites excluding steroid dienone is 1. The van der Waals surface area contributed by atoms with Crippen molar-refractivity contribution < 1.29 is 33.2 Å². The highest BCUT2D eigenvalue weighted by molar-refractivity contribution is 7.45. The summed E-state index contributed by atoms with van der Waals surface area (Å²) >= 11 is 0. The van der Waals surface area contributed by atoms with Crippen LogP contribution in [-0.2, 0) is 23.2 Å². The number of hydrogen-bond donors (Lipinski definition) is 1. The zero-order chi connectivity index (χ0) is 14.1. The minimum atomic E-state index is -3.90. The van der Waals surface area contributed by atoms with Crippen molar-refractivity contribution in [2.75, 3.05) is 28.4 Å². The number of hydrogen-bond acceptors (Lipinski definition) is 7. The molecule has 0 rings (SSSR count). The van der Waals surface area contributed by atoms with Crippen molar-refractivity contribution in [2.24, 2.45) is 0 Å². The highest BCUT2D eigenvalue weighted by atomic mass is 31.2. The summed E-state index contributed by atoms with van der Waals surface area (Å²) in [6.07, 6.45) is 1.07. The van der Waals surface area contributed by atoms with Crippen LogP contribution in [0.4, 0.5) is 0 Å². The van der Waals surface area contributed by atoms with E-state index in [-0.39, 0.29) is 11.7 Å². The summed E-state index contributed by atoms with van der Waals surface area (Å²) in [7, 11) is 1.01. The molecule has 9 heteroatoms. The van der Waals surface area contributed by atoms with Crippen LogP contribution in [0.1, 0.15) is 6.92 Å². The lowest BCUT2D eigenvalue weighted by molar-refractivity contribution is -0.220. The number of amides is 1. The van der Waals surface area contributed by atoms with E-state index < -0.39 is 7.82 Å². The van der Waals surface area contributed by atoms with Crippen LogP contribution in [0, 0.1) is 0 Å². The van der Waals surface area contributed by atoms with Crippen LogP contribution in [0.25, 0.3) is 0 Å². The number of carbonyl (C=O) groups excluding carboxylic acids is 1. The third-order valence-corrected chi connectivity index (χ3v) is 2.26. The van der Waals surface area contributed by atoms with Gasteiger partial charge in [0.25, 0.3) is 13.7 Å². The first-order valence-electron chi connectivity index (χ1n) is 4.31. The maximum Gasteiger partial charge on any atom is 0.273 e. The zero-order valence-corrected chi connectivity index (χ0v) is 11.3. The Morgan fingerprint density at radius 2 is 1.76 bits per heavy atom. The molecule has 1 amide bonds. The Morgan fingerprint density at radius 3 is 1.94 bits per heavy atom. The summed E-state index contributed by atoms with van der Waals surface area (Å²) in [5.74, 6) is -0.420. The van der Waals surface area contributed by atoms with Crippen LogP contribution in [0.5, 0.6) is 0 Å². The molecule has 102 valence electrons. The molecule has 0 aliphatic rings. The summed E-state index contributed by atoms with van der Waals surface area (Å²) in [5.41, 5.74) is 0. The average molecular weight is 270 g/mol. The first kappa shape index (κ1) is 18.4. The number of hydroxylamine groups is 2. The highest BCUT2D eigenvalue weighted by Gasteiger charge is 2.02. The minimum absolute atomic E-state index is 0.0334. The second-order valence-electron chi connectivity index (χ2n) is 2.62. The Labute approximate surface area is 100.0 Å². The van der Waals surface area contributed by atoms with E-state index >= 15 is 0 Å². The van der Waals surface area contributed by atoms with E-state index in [1.54, 1.807) is 0 Å². The molecule has 17 heavy (non-hydrogen) atoms. The Morgan fingerprint density at radius 1 is 1.35 bits per heavy atom. The quantitative estimate of drug-likeness (QED) is 0.337. The Balaban J connectivity index is 0. The van der Waals surface area contributed by atoms with E-state index in [4.69, 9.17) is 5.11 Å². The van der Waals surface area contributed by atoms with Gasteiger partial charge in [-0.15, -0.1) is 0 Å². The third-order valence-electron chi connectivity index (χ3n) is 1.36. The molecule has 0 aromatic rings. The monoisotopic (exact) mass is 270 g/mol. The lowest BCUT2D eigenvalue weighted by Gasteiger charge is -2.16. The second-order valence-corrected chi connectivity index (χ2v) is 4.24. The van der Waals surface area contributed by atoms with E-state index in [1.165, 1.54) is 21.1 Å². The average Bonchev–Trinajstić information content (AvgIpc) is 2.28. The molecule has 0 saturated carbocycles. The van der Waals surface area contributed by atoms with Crippen LogP contribution in [0.3, 0.4) is 0 Å². The zero-order valence-electron chi connectivity index (χ0n) is 10.4. The number of nitrogens with zero attached hydrogens (tertiary/aromatic N) is 1. The first-order chi connectivity index (χ1) is 7.70. The van der Waals surface area contributed by atoms with Gasteiger partial charge in [-0.1, -0.05) is 0 Å². The fraction of sp³-hybridized carbons (Fsp3) is 0.625. The van der Waals surface area contributed by atoms with Gasteiger partial charge in [0.2, 0.25) is 0 Å².